The van der Waals surface area contributed by atoms with Gasteiger partial charge in [-0.05, 0) is 40.0 Å². The molecule has 0 aromatic carbocycles. The minimum atomic E-state index is -0.522. The SMILES string of the molecule is CC[C@H]1CN(c2nc(N)c(C(=O)NCCO)nc2Cl)CCN1C1CCN(C(=O)OC(C)(C)C)CC1. The molecule has 35 heavy (non-hydrogen) atoms. The third-order valence-electron chi connectivity index (χ3n) is 6.36. The van der Waals surface area contributed by atoms with Gasteiger partial charge in [0.25, 0.3) is 5.91 Å². The molecule has 3 rings (SSSR count). The average molecular weight is 512 g/mol. The van der Waals surface area contributed by atoms with Crippen molar-refractivity contribution in [3.05, 3.63) is 10.8 Å². The van der Waals surface area contributed by atoms with E-state index in [0.29, 0.717) is 38.0 Å². The Morgan fingerprint density at radius 1 is 1.20 bits per heavy atom. The number of rotatable bonds is 6. The number of carbonyl (C=O) groups excluding carboxylic acids is 2. The van der Waals surface area contributed by atoms with Crippen molar-refractivity contribution >= 4 is 35.2 Å². The largest absolute Gasteiger partial charge is 0.444 e. The number of nitrogens with one attached hydrogen (secondary N) is 1. The summed E-state index contributed by atoms with van der Waals surface area (Å²) in [6.07, 6.45) is 2.51. The summed E-state index contributed by atoms with van der Waals surface area (Å²) < 4.78 is 5.52. The third-order valence-corrected chi connectivity index (χ3v) is 6.61. The van der Waals surface area contributed by atoms with Crippen molar-refractivity contribution in [1.29, 1.82) is 0 Å². The number of piperazine rings is 1. The molecule has 2 saturated heterocycles. The van der Waals surface area contributed by atoms with Gasteiger partial charge in [-0.25, -0.2) is 14.8 Å². The van der Waals surface area contributed by atoms with Gasteiger partial charge in [-0.15, -0.1) is 0 Å². The summed E-state index contributed by atoms with van der Waals surface area (Å²) in [5, 5.41) is 11.5. The minimum Gasteiger partial charge on any atom is -0.444 e. The van der Waals surface area contributed by atoms with E-state index in [1.54, 1.807) is 4.90 Å². The highest BCUT2D eigenvalue weighted by atomic mass is 35.5. The van der Waals surface area contributed by atoms with Crippen LogP contribution in [0, 0.1) is 0 Å². The van der Waals surface area contributed by atoms with Crippen LogP contribution in [0.4, 0.5) is 16.4 Å². The monoisotopic (exact) mass is 511 g/mol. The van der Waals surface area contributed by atoms with Crippen LogP contribution < -0.4 is 16.0 Å². The van der Waals surface area contributed by atoms with Crippen molar-refractivity contribution < 1.29 is 19.4 Å². The second-order valence-electron chi connectivity index (χ2n) is 10.00. The van der Waals surface area contributed by atoms with E-state index in [0.717, 1.165) is 25.8 Å². The average Bonchev–Trinajstić information content (AvgIpc) is 2.82. The molecule has 12 heteroatoms. The lowest BCUT2D eigenvalue weighted by Crippen LogP contribution is -2.59. The van der Waals surface area contributed by atoms with E-state index < -0.39 is 11.5 Å². The number of ether oxygens (including phenoxy) is 1. The number of likely N-dealkylation sites (tertiary alicyclic amines) is 1. The summed E-state index contributed by atoms with van der Waals surface area (Å²) in [7, 11) is 0. The van der Waals surface area contributed by atoms with E-state index in [9.17, 15) is 9.59 Å². The fourth-order valence-electron chi connectivity index (χ4n) is 4.65. The zero-order valence-corrected chi connectivity index (χ0v) is 21.8. The summed E-state index contributed by atoms with van der Waals surface area (Å²) in [5.74, 6) is -0.0444. The second kappa shape index (κ2) is 11.6. The molecule has 2 aliphatic heterocycles. The smallest absolute Gasteiger partial charge is 0.410 e. The van der Waals surface area contributed by atoms with E-state index in [2.05, 4.69) is 32.0 Å². The Morgan fingerprint density at radius 2 is 1.89 bits per heavy atom. The van der Waals surface area contributed by atoms with Crippen LogP contribution >= 0.6 is 11.6 Å². The molecule has 1 aromatic rings. The van der Waals surface area contributed by atoms with Crippen LogP contribution in [0.15, 0.2) is 0 Å². The van der Waals surface area contributed by atoms with Crippen LogP contribution in [-0.2, 0) is 4.74 Å². The normalized spacial score (nSPS) is 20.1. The number of nitrogen functional groups attached to an aromatic ring is 1. The van der Waals surface area contributed by atoms with Gasteiger partial charge in [0, 0.05) is 51.4 Å². The Balaban J connectivity index is 1.62. The fraction of sp³-hybridized carbons (Fsp3) is 0.739. The maximum Gasteiger partial charge on any atom is 0.410 e. The Kier molecular flexibility index (Phi) is 9.00. The molecule has 2 aliphatic rings. The van der Waals surface area contributed by atoms with Gasteiger partial charge >= 0.3 is 6.09 Å². The molecule has 11 nitrogen and oxygen atoms in total. The summed E-state index contributed by atoms with van der Waals surface area (Å²) in [5.41, 5.74) is 5.48. The van der Waals surface area contributed by atoms with Gasteiger partial charge in [0.15, 0.2) is 22.5 Å². The molecule has 0 radical (unpaired) electrons. The number of nitrogens with two attached hydrogens (primary N) is 1. The molecule has 196 valence electrons. The molecule has 2 fully saturated rings. The number of piperidine rings is 1. The Labute approximate surface area is 211 Å². The summed E-state index contributed by atoms with van der Waals surface area (Å²) in [4.78, 5) is 39.6. The summed E-state index contributed by atoms with van der Waals surface area (Å²) >= 11 is 6.42. The van der Waals surface area contributed by atoms with Crippen LogP contribution in [0.2, 0.25) is 5.15 Å². The second-order valence-corrected chi connectivity index (χ2v) is 10.4. The van der Waals surface area contributed by atoms with Gasteiger partial charge in [-0.1, -0.05) is 18.5 Å². The number of aliphatic hydroxyl groups excluding tert-OH is 1. The van der Waals surface area contributed by atoms with Gasteiger partial charge in [0.05, 0.1) is 6.61 Å². The molecule has 1 atom stereocenters. The molecular formula is C23H38ClN7O4. The number of hydrogen-bond acceptors (Lipinski definition) is 9. The highest BCUT2D eigenvalue weighted by Gasteiger charge is 2.36. The van der Waals surface area contributed by atoms with Crippen molar-refractivity contribution in [3.8, 4) is 0 Å². The lowest BCUT2D eigenvalue weighted by atomic mass is 9.98. The van der Waals surface area contributed by atoms with Crippen molar-refractivity contribution in [3.63, 3.8) is 0 Å². The van der Waals surface area contributed by atoms with E-state index in [1.165, 1.54) is 0 Å². The molecule has 3 heterocycles. The first-order chi connectivity index (χ1) is 16.5. The number of aliphatic hydroxyl groups is 1. The number of halogens is 1. The molecule has 0 saturated carbocycles. The molecule has 2 amide bonds. The van der Waals surface area contributed by atoms with Crippen LogP contribution in [0.1, 0.15) is 57.4 Å². The topological polar surface area (TPSA) is 137 Å². The van der Waals surface area contributed by atoms with Crippen molar-refractivity contribution in [2.45, 2.75) is 64.6 Å². The quantitative estimate of drug-likeness (QED) is 0.521. The molecular weight excluding hydrogens is 474 g/mol. The van der Waals surface area contributed by atoms with Gasteiger partial charge < -0.3 is 30.7 Å². The summed E-state index contributed by atoms with van der Waals surface area (Å²) in [6.45, 7) is 11.3. The van der Waals surface area contributed by atoms with Crippen molar-refractivity contribution in [2.24, 2.45) is 0 Å². The van der Waals surface area contributed by atoms with Gasteiger partial charge in [-0.2, -0.15) is 0 Å². The minimum absolute atomic E-state index is 0.00447. The van der Waals surface area contributed by atoms with Crippen molar-refractivity contribution in [1.82, 2.24) is 25.1 Å². The maximum atomic E-state index is 12.4. The number of hydrogen-bond donors (Lipinski definition) is 3. The Hall–Kier alpha value is -2.37. The lowest BCUT2D eigenvalue weighted by Gasteiger charge is -2.47. The molecule has 1 aromatic heterocycles. The molecule has 0 bridgehead atoms. The zero-order valence-electron chi connectivity index (χ0n) is 21.1. The number of anilines is 2. The standard InChI is InChI=1S/C23H38ClN7O4/c1-5-15-14-30(20-18(24)27-17(19(25)28-20)21(33)26-8-13-32)11-12-31(15)16-6-9-29(10-7-16)22(34)35-23(2,3)4/h15-16,32H,5-14H2,1-4H3,(H2,25,28)(H,26,33)/t15-/m0/s1. The van der Waals surface area contributed by atoms with Crippen LogP contribution in [0.3, 0.4) is 0 Å². The first kappa shape index (κ1) is 27.2. The Bertz CT molecular complexity index is 903. The van der Waals surface area contributed by atoms with Crippen LogP contribution in [0.25, 0.3) is 0 Å². The van der Waals surface area contributed by atoms with E-state index in [-0.39, 0.29) is 42.0 Å². The number of nitrogens with zero attached hydrogens (tertiary/aromatic N) is 5. The predicted octanol–water partition coefficient (Wildman–Crippen LogP) is 1.73. The third kappa shape index (κ3) is 6.86. The molecule has 0 unspecified atom stereocenters. The van der Waals surface area contributed by atoms with Gasteiger partial charge in [0.1, 0.15) is 5.60 Å². The number of carbonyl (C=O) groups is 2. The van der Waals surface area contributed by atoms with Crippen LogP contribution in [-0.4, -0.2) is 100 Å². The van der Waals surface area contributed by atoms with Gasteiger partial charge in [0.2, 0.25) is 0 Å². The number of aromatic nitrogens is 2. The van der Waals surface area contributed by atoms with Crippen LogP contribution in [0.5, 0.6) is 0 Å². The summed E-state index contributed by atoms with van der Waals surface area (Å²) in [6, 6.07) is 0.679. The van der Waals surface area contributed by atoms with E-state index in [4.69, 9.17) is 27.2 Å². The zero-order chi connectivity index (χ0) is 25.8. The first-order valence-electron chi connectivity index (χ1n) is 12.2. The predicted molar refractivity (Wildman–Crippen MR) is 135 cm³/mol. The molecule has 4 N–H and O–H groups in total. The molecule has 0 spiro atoms. The number of amides is 2. The lowest BCUT2D eigenvalue weighted by molar-refractivity contribution is 0.00943. The Morgan fingerprint density at radius 3 is 2.49 bits per heavy atom. The fourth-order valence-corrected chi connectivity index (χ4v) is 4.90. The highest BCUT2D eigenvalue weighted by Crippen LogP contribution is 2.30. The van der Waals surface area contributed by atoms with Crippen molar-refractivity contribution in [2.75, 3.05) is 56.5 Å². The first-order valence-corrected chi connectivity index (χ1v) is 12.6. The van der Waals surface area contributed by atoms with E-state index >= 15 is 0 Å². The molecule has 0 aliphatic carbocycles. The van der Waals surface area contributed by atoms with E-state index in [1.807, 2.05) is 20.8 Å². The highest BCUT2D eigenvalue weighted by molar-refractivity contribution is 6.32. The maximum absolute atomic E-state index is 12.4. The van der Waals surface area contributed by atoms with Gasteiger partial charge in [-0.3, -0.25) is 9.69 Å².